The van der Waals surface area contributed by atoms with Crippen molar-refractivity contribution in [3.63, 3.8) is 0 Å². The van der Waals surface area contributed by atoms with E-state index in [9.17, 15) is 0 Å². The van der Waals surface area contributed by atoms with Gasteiger partial charge in [0.2, 0.25) is 0 Å². The van der Waals surface area contributed by atoms with E-state index in [4.69, 9.17) is 0 Å². The zero-order valence-corrected chi connectivity index (χ0v) is 29.1. The minimum atomic E-state index is 0.0311. The van der Waals surface area contributed by atoms with Crippen LogP contribution in [0.3, 0.4) is 0 Å². The van der Waals surface area contributed by atoms with Crippen LogP contribution in [0.1, 0.15) is 69.4 Å². The Balaban J connectivity index is 1.59. The van der Waals surface area contributed by atoms with E-state index in [-0.39, 0.29) is 17.5 Å². The summed E-state index contributed by atoms with van der Waals surface area (Å²) in [5.41, 5.74) is 18.2. The summed E-state index contributed by atoms with van der Waals surface area (Å²) < 4.78 is 0. The molecule has 5 aromatic carbocycles. The van der Waals surface area contributed by atoms with Gasteiger partial charge in [-0.3, -0.25) is 0 Å². The van der Waals surface area contributed by atoms with E-state index in [1.807, 2.05) is 0 Å². The van der Waals surface area contributed by atoms with Gasteiger partial charge in [-0.1, -0.05) is 101 Å². The summed E-state index contributed by atoms with van der Waals surface area (Å²) in [6.07, 6.45) is 0. The van der Waals surface area contributed by atoms with Crippen LogP contribution < -0.4 is 31.4 Å². The summed E-state index contributed by atoms with van der Waals surface area (Å²) >= 11 is 0. The quantitative estimate of drug-likeness (QED) is 0.185. The van der Waals surface area contributed by atoms with Gasteiger partial charge in [0, 0.05) is 28.4 Å². The number of anilines is 6. The van der Waals surface area contributed by atoms with Crippen LogP contribution in [0.25, 0.3) is 0 Å². The molecule has 0 N–H and O–H groups in total. The van der Waals surface area contributed by atoms with Gasteiger partial charge < -0.3 is 9.80 Å². The van der Waals surface area contributed by atoms with Crippen LogP contribution in [0.2, 0.25) is 0 Å². The molecule has 0 aromatic heterocycles. The number of fused-ring (bicyclic) bond motifs is 4. The fourth-order valence-electron chi connectivity index (χ4n) is 7.40. The predicted molar refractivity (Wildman–Crippen MR) is 197 cm³/mol. The van der Waals surface area contributed by atoms with Crippen LogP contribution in [0.5, 0.6) is 0 Å². The fourth-order valence-corrected chi connectivity index (χ4v) is 7.64. The number of rotatable bonds is 2. The Morgan fingerprint density at radius 2 is 1.09 bits per heavy atom. The molecule has 3 radical (unpaired) electrons. The van der Waals surface area contributed by atoms with Crippen molar-refractivity contribution < 1.29 is 0 Å². The van der Waals surface area contributed by atoms with Crippen LogP contribution in [-0.4, -0.2) is 17.0 Å². The SMILES string of the molecule is Cc1cc2c3c(c1)N(c1c(C)cccc1C)c1ccc([Si])cc1B3c1cc(C(C)(C)C)ccc1N2c1ccc(C(C)(C)C)cc1. The second-order valence-electron chi connectivity index (χ2n) is 15.2. The second-order valence-corrected chi connectivity index (χ2v) is 15.7. The minimum absolute atomic E-state index is 0.0311. The van der Waals surface area contributed by atoms with E-state index in [0.29, 0.717) is 0 Å². The molecule has 2 aliphatic rings. The molecule has 0 aliphatic carbocycles. The molecule has 0 spiro atoms. The maximum atomic E-state index is 3.93. The molecule has 0 unspecified atom stereocenters. The molecule has 2 nitrogen and oxygen atoms in total. The summed E-state index contributed by atoms with van der Waals surface area (Å²) in [6.45, 7) is 20.6. The van der Waals surface area contributed by atoms with Gasteiger partial charge in [0.25, 0.3) is 6.71 Å². The Hall–Kier alpha value is -4.02. The molecule has 2 aliphatic heterocycles. The number of hydrogen-bond acceptors (Lipinski definition) is 2. The van der Waals surface area contributed by atoms with Crippen molar-refractivity contribution in [3.8, 4) is 0 Å². The molecule has 0 atom stereocenters. The van der Waals surface area contributed by atoms with Crippen molar-refractivity contribution in [2.75, 3.05) is 9.80 Å². The zero-order valence-electron chi connectivity index (χ0n) is 28.1. The van der Waals surface area contributed by atoms with Crippen LogP contribution >= 0.6 is 0 Å². The third-order valence-electron chi connectivity index (χ3n) is 9.73. The first-order chi connectivity index (χ1) is 21.2. The number of hydrogen-bond donors (Lipinski definition) is 0. The lowest BCUT2D eigenvalue weighted by Gasteiger charge is -2.45. The smallest absolute Gasteiger partial charge is 0.252 e. The molecule has 223 valence electrons. The predicted octanol–water partition coefficient (Wildman–Crippen LogP) is 8.08. The van der Waals surface area contributed by atoms with Crippen LogP contribution in [0.15, 0.2) is 91.0 Å². The summed E-state index contributed by atoms with van der Waals surface area (Å²) in [4.78, 5) is 5.05. The number of benzene rings is 5. The third kappa shape index (κ3) is 4.77. The molecule has 0 saturated carbocycles. The van der Waals surface area contributed by atoms with E-state index in [1.54, 1.807) is 0 Å². The van der Waals surface area contributed by atoms with Crippen LogP contribution in [-0.2, 0) is 10.8 Å². The molecule has 0 fully saturated rings. The van der Waals surface area contributed by atoms with Crippen molar-refractivity contribution >= 4 is 72.7 Å². The lowest BCUT2D eigenvalue weighted by atomic mass is 9.33. The van der Waals surface area contributed by atoms with Crippen LogP contribution in [0, 0.1) is 20.8 Å². The Morgan fingerprint density at radius 1 is 0.556 bits per heavy atom. The van der Waals surface area contributed by atoms with Crippen molar-refractivity contribution in [3.05, 3.63) is 119 Å². The number of nitrogens with zero attached hydrogens (tertiary/aromatic N) is 2. The van der Waals surface area contributed by atoms with Gasteiger partial charge in [-0.25, -0.2) is 0 Å². The van der Waals surface area contributed by atoms with Gasteiger partial charge in [0.05, 0.1) is 15.9 Å². The highest BCUT2D eigenvalue weighted by molar-refractivity contribution is 7.00. The second kappa shape index (κ2) is 10.3. The number of para-hydroxylation sites is 1. The topological polar surface area (TPSA) is 6.48 Å². The Kier molecular flexibility index (Phi) is 6.76. The summed E-state index contributed by atoms with van der Waals surface area (Å²) in [5, 5.41) is 1.10. The van der Waals surface area contributed by atoms with E-state index >= 15 is 0 Å². The molecular weight excluding hydrogens is 559 g/mol. The maximum absolute atomic E-state index is 3.93. The maximum Gasteiger partial charge on any atom is 0.252 e. The first-order valence-corrected chi connectivity index (χ1v) is 16.7. The van der Waals surface area contributed by atoms with Gasteiger partial charge in [0.15, 0.2) is 0 Å². The first kappa shape index (κ1) is 29.7. The van der Waals surface area contributed by atoms with E-state index in [0.717, 1.165) is 5.19 Å². The summed E-state index contributed by atoms with van der Waals surface area (Å²) in [5.74, 6) is 0. The molecule has 0 amide bonds. The highest BCUT2D eigenvalue weighted by Gasteiger charge is 2.44. The van der Waals surface area contributed by atoms with Crippen molar-refractivity contribution in [1.82, 2.24) is 0 Å². The van der Waals surface area contributed by atoms with E-state index < -0.39 is 0 Å². The van der Waals surface area contributed by atoms with E-state index in [2.05, 4.69) is 173 Å². The largest absolute Gasteiger partial charge is 0.311 e. The average Bonchev–Trinajstić information content (AvgIpc) is 2.96. The third-order valence-corrected chi connectivity index (χ3v) is 10.0. The molecular formula is C41H42BN2Si. The highest BCUT2D eigenvalue weighted by Crippen LogP contribution is 2.46. The molecule has 5 aromatic rings. The van der Waals surface area contributed by atoms with Crippen molar-refractivity contribution in [2.24, 2.45) is 0 Å². The lowest BCUT2D eigenvalue weighted by Crippen LogP contribution is -2.62. The molecule has 7 rings (SSSR count). The Bertz CT molecular complexity index is 1960. The lowest BCUT2D eigenvalue weighted by molar-refractivity contribution is 0.590. The summed E-state index contributed by atoms with van der Waals surface area (Å²) in [7, 11) is 3.93. The normalized spacial score (nSPS) is 13.9. The van der Waals surface area contributed by atoms with Crippen LogP contribution in [0.4, 0.5) is 34.1 Å². The fraction of sp³-hybridized carbons (Fsp3) is 0.268. The average molecular weight is 602 g/mol. The summed E-state index contributed by atoms with van der Waals surface area (Å²) in [6, 6.07) is 34.7. The Morgan fingerprint density at radius 3 is 1.71 bits per heavy atom. The minimum Gasteiger partial charge on any atom is -0.311 e. The molecule has 2 heterocycles. The molecule has 45 heavy (non-hydrogen) atoms. The standard InChI is InChI=1S/C41H42BN2Si/c1-25-21-36-38-37(22-25)44(39-26(2)11-10-12-27(39)3)35-20-18-31(45)24-33(35)42(38)32-23-29(41(7,8)9)15-19-34(32)43(36)30-16-13-28(14-17-30)40(4,5)6/h10-24H,1-9H3. The molecule has 0 bridgehead atoms. The number of aryl methyl sites for hydroxylation is 3. The van der Waals surface area contributed by atoms with Crippen molar-refractivity contribution in [1.29, 1.82) is 0 Å². The molecule has 0 saturated heterocycles. The van der Waals surface area contributed by atoms with Gasteiger partial charge in [-0.2, -0.15) is 0 Å². The van der Waals surface area contributed by atoms with Gasteiger partial charge >= 0.3 is 0 Å². The van der Waals surface area contributed by atoms with Gasteiger partial charge in [-0.15, -0.1) is 0 Å². The zero-order chi connectivity index (χ0) is 32.0. The monoisotopic (exact) mass is 601 g/mol. The molecule has 4 heteroatoms. The Labute approximate surface area is 273 Å². The highest BCUT2D eigenvalue weighted by atomic mass is 28.1. The first-order valence-electron chi connectivity index (χ1n) is 16.2. The van der Waals surface area contributed by atoms with Gasteiger partial charge in [-0.05, 0) is 112 Å². The van der Waals surface area contributed by atoms with Gasteiger partial charge in [0.1, 0.15) is 0 Å². The van der Waals surface area contributed by atoms with E-state index in [1.165, 1.54) is 78.3 Å². The van der Waals surface area contributed by atoms with Crippen molar-refractivity contribution in [2.45, 2.75) is 73.1 Å².